The van der Waals surface area contributed by atoms with Gasteiger partial charge in [-0.15, -0.1) is 0 Å². The largest absolute Gasteiger partial charge is 0.467 e. The van der Waals surface area contributed by atoms with E-state index >= 15 is 0 Å². The van der Waals surface area contributed by atoms with Gasteiger partial charge >= 0.3 is 6.03 Å². The second kappa shape index (κ2) is 11.1. The molecule has 0 aliphatic carbocycles. The third-order valence-electron chi connectivity index (χ3n) is 4.84. The van der Waals surface area contributed by atoms with E-state index in [0.717, 1.165) is 18.2 Å². The van der Waals surface area contributed by atoms with Crippen molar-refractivity contribution in [3.8, 4) is 0 Å². The fourth-order valence-corrected chi connectivity index (χ4v) is 3.08. The van der Waals surface area contributed by atoms with E-state index in [1.54, 1.807) is 50.2 Å². The average Bonchev–Trinajstić information content (AvgIpc) is 3.31. The normalized spacial score (nSPS) is 11.6. The minimum Gasteiger partial charge on any atom is -0.467 e. The van der Waals surface area contributed by atoms with Crippen molar-refractivity contribution in [3.05, 3.63) is 83.8 Å². The lowest BCUT2D eigenvalue weighted by atomic mass is 10.0. The lowest BCUT2D eigenvalue weighted by Gasteiger charge is -2.22. The summed E-state index contributed by atoms with van der Waals surface area (Å²) in [4.78, 5) is 37.1. The highest BCUT2D eigenvalue weighted by molar-refractivity contribution is 6.01. The van der Waals surface area contributed by atoms with Crippen LogP contribution in [0.25, 0.3) is 0 Å². The van der Waals surface area contributed by atoms with E-state index in [2.05, 4.69) is 21.3 Å². The van der Waals surface area contributed by atoms with Crippen molar-refractivity contribution >= 4 is 29.2 Å². The summed E-state index contributed by atoms with van der Waals surface area (Å²) < 4.78 is 33.0. The number of anilines is 2. The number of carbonyl (C=O) groups excluding carboxylic acids is 3. The van der Waals surface area contributed by atoms with E-state index < -0.39 is 41.1 Å². The zero-order chi connectivity index (χ0) is 24.7. The van der Waals surface area contributed by atoms with Crippen LogP contribution in [0, 0.1) is 17.6 Å². The van der Waals surface area contributed by atoms with Crippen LogP contribution in [0.5, 0.6) is 0 Å². The molecule has 0 aliphatic rings. The lowest BCUT2D eigenvalue weighted by Crippen LogP contribution is -2.47. The van der Waals surface area contributed by atoms with Gasteiger partial charge in [0.25, 0.3) is 5.91 Å². The summed E-state index contributed by atoms with van der Waals surface area (Å²) in [7, 11) is 0. The Bertz CT molecular complexity index is 1130. The van der Waals surface area contributed by atoms with Crippen LogP contribution < -0.4 is 21.3 Å². The van der Waals surface area contributed by atoms with Crippen LogP contribution in [0.4, 0.5) is 25.0 Å². The number of rotatable bonds is 8. The number of amides is 4. The Morgan fingerprint density at radius 1 is 0.882 bits per heavy atom. The summed E-state index contributed by atoms with van der Waals surface area (Å²) in [6.07, 6.45) is 1.51. The Hall–Kier alpha value is -4.21. The van der Waals surface area contributed by atoms with Crippen molar-refractivity contribution in [2.24, 2.45) is 5.92 Å². The van der Waals surface area contributed by atoms with Gasteiger partial charge in [0.1, 0.15) is 29.0 Å². The summed E-state index contributed by atoms with van der Waals surface area (Å²) in [5.74, 6) is -3.37. The molecule has 3 rings (SSSR count). The third-order valence-corrected chi connectivity index (χ3v) is 4.84. The first kappa shape index (κ1) is 24.4. The number of nitrogens with one attached hydrogen (secondary N) is 4. The van der Waals surface area contributed by atoms with Crippen molar-refractivity contribution in [2.75, 3.05) is 10.6 Å². The second-order valence-electron chi connectivity index (χ2n) is 7.75. The molecule has 1 heterocycles. The first-order valence-corrected chi connectivity index (χ1v) is 10.5. The monoisotopic (exact) mass is 470 g/mol. The molecule has 0 radical (unpaired) electrons. The fraction of sp³-hybridized carbons (Fsp3) is 0.208. The molecule has 1 unspecified atom stereocenters. The highest BCUT2D eigenvalue weighted by atomic mass is 19.1. The van der Waals surface area contributed by atoms with Gasteiger partial charge < -0.3 is 25.7 Å². The summed E-state index contributed by atoms with van der Waals surface area (Å²) >= 11 is 0. The van der Waals surface area contributed by atoms with Crippen LogP contribution >= 0.6 is 0 Å². The molecule has 0 aliphatic heterocycles. The molecular weight excluding hydrogens is 446 g/mol. The van der Waals surface area contributed by atoms with E-state index in [9.17, 15) is 23.2 Å². The van der Waals surface area contributed by atoms with E-state index in [0.29, 0.717) is 17.1 Å². The van der Waals surface area contributed by atoms with E-state index in [4.69, 9.17) is 4.42 Å². The van der Waals surface area contributed by atoms with Gasteiger partial charge in [-0.05, 0) is 54.4 Å². The molecule has 0 saturated carbocycles. The minimum atomic E-state index is -1.04. The van der Waals surface area contributed by atoms with Gasteiger partial charge in [-0.3, -0.25) is 9.59 Å². The Balaban J connectivity index is 1.58. The van der Waals surface area contributed by atoms with E-state index in [1.165, 1.54) is 6.26 Å². The van der Waals surface area contributed by atoms with Gasteiger partial charge in [-0.2, -0.15) is 0 Å². The topological polar surface area (TPSA) is 112 Å². The highest BCUT2D eigenvalue weighted by Gasteiger charge is 2.27. The van der Waals surface area contributed by atoms with Crippen LogP contribution in [-0.2, 0) is 11.3 Å². The van der Waals surface area contributed by atoms with Gasteiger partial charge in [0.2, 0.25) is 5.91 Å². The molecule has 178 valence electrons. The van der Waals surface area contributed by atoms with E-state index in [1.807, 2.05) is 0 Å². The number of carbonyl (C=O) groups is 3. The van der Waals surface area contributed by atoms with Crippen molar-refractivity contribution in [3.63, 3.8) is 0 Å². The molecule has 4 amide bonds. The average molecular weight is 470 g/mol. The quantitative estimate of drug-likeness (QED) is 0.394. The standard InChI is InChI=1S/C24H24F2N4O4/c1-14(2)21(30-22(31)20-18(25)6-3-7-19(20)26)23(32)28-15-8-10-16(11-9-15)29-24(33)27-13-17-5-4-12-34-17/h3-12,14,21H,13H2,1-2H3,(H,28,32)(H,30,31)(H2,27,29,33). The smallest absolute Gasteiger partial charge is 0.319 e. The molecule has 8 nitrogen and oxygen atoms in total. The summed E-state index contributed by atoms with van der Waals surface area (Å²) in [6.45, 7) is 3.61. The molecule has 1 aromatic heterocycles. The molecule has 4 N–H and O–H groups in total. The maximum atomic E-state index is 13.9. The molecule has 2 aromatic carbocycles. The summed E-state index contributed by atoms with van der Waals surface area (Å²) in [6, 6.07) is 11.4. The number of hydrogen-bond acceptors (Lipinski definition) is 4. The Morgan fingerprint density at radius 2 is 1.50 bits per heavy atom. The van der Waals surface area contributed by atoms with Crippen molar-refractivity contribution in [1.82, 2.24) is 10.6 Å². The zero-order valence-electron chi connectivity index (χ0n) is 18.5. The fourth-order valence-electron chi connectivity index (χ4n) is 3.08. The first-order chi connectivity index (χ1) is 16.2. The van der Waals surface area contributed by atoms with Gasteiger partial charge in [-0.25, -0.2) is 13.6 Å². The Labute approximate surface area is 194 Å². The van der Waals surface area contributed by atoms with Crippen molar-refractivity contribution in [2.45, 2.75) is 26.4 Å². The molecule has 3 aromatic rings. The van der Waals surface area contributed by atoms with Gasteiger partial charge in [0, 0.05) is 11.4 Å². The van der Waals surface area contributed by atoms with Gasteiger partial charge in [-0.1, -0.05) is 19.9 Å². The first-order valence-electron chi connectivity index (χ1n) is 10.5. The maximum Gasteiger partial charge on any atom is 0.319 e. The number of halogens is 2. The van der Waals surface area contributed by atoms with Crippen LogP contribution in [0.1, 0.15) is 30.0 Å². The highest BCUT2D eigenvalue weighted by Crippen LogP contribution is 2.16. The predicted molar refractivity (Wildman–Crippen MR) is 122 cm³/mol. The van der Waals surface area contributed by atoms with Gasteiger partial charge in [0.05, 0.1) is 12.8 Å². The van der Waals surface area contributed by atoms with Crippen LogP contribution in [-0.4, -0.2) is 23.9 Å². The summed E-state index contributed by atoms with van der Waals surface area (Å²) in [5, 5.41) is 10.3. The molecule has 0 fully saturated rings. The summed E-state index contributed by atoms with van der Waals surface area (Å²) in [5.41, 5.74) is 0.143. The molecular formula is C24H24F2N4O4. The second-order valence-corrected chi connectivity index (χ2v) is 7.75. The van der Waals surface area contributed by atoms with Crippen LogP contribution in [0.2, 0.25) is 0 Å². The van der Waals surface area contributed by atoms with Crippen molar-refractivity contribution in [1.29, 1.82) is 0 Å². The SMILES string of the molecule is CC(C)C(NC(=O)c1c(F)cccc1F)C(=O)Nc1ccc(NC(=O)NCc2ccco2)cc1. The van der Waals surface area contributed by atoms with Gasteiger partial charge in [0.15, 0.2) is 0 Å². The molecule has 1 atom stereocenters. The molecule has 0 spiro atoms. The van der Waals surface area contributed by atoms with Crippen LogP contribution in [0.15, 0.2) is 65.3 Å². The number of furan rings is 1. The molecule has 0 bridgehead atoms. The number of benzene rings is 2. The molecule has 34 heavy (non-hydrogen) atoms. The molecule has 0 saturated heterocycles. The predicted octanol–water partition coefficient (Wildman–Crippen LogP) is 4.27. The minimum absolute atomic E-state index is 0.228. The van der Waals surface area contributed by atoms with Crippen molar-refractivity contribution < 1.29 is 27.6 Å². The van der Waals surface area contributed by atoms with Crippen LogP contribution in [0.3, 0.4) is 0 Å². The zero-order valence-corrected chi connectivity index (χ0v) is 18.5. The maximum absolute atomic E-state index is 13.9. The Kier molecular flexibility index (Phi) is 7.96. The number of urea groups is 1. The molecule has 10 heteroatoms. The number of hydrogen-bond donors (Lipinski definition) is 4. The lowest BCUT2D eigenvalue weighted by molar-refractivity contribution is -0.118. The third kappa shape index (κ3) is 6.41. The van der Waals surface area contributed by atoms with E-state index in [-0.39, 0.29) is 12.5 Å². The Morgan fingerprint density at radius 3 is 2.06 bits per heavy atom.